The Kier molecular flexibility index (Phi) is 5.78. The maximum Gasteiger partial charge on any atom is 0.167 e. The van der Waals surface area contributed by atoms with Crippen molar-refractivity contribution >= 4 is 43.5 Å². The molecule has 0 aliphatic rings. The van der Waals surface area contributed by atoms with E-state index in [-0.39, 0.29) is 0 Å². The number of rotatable bonds is 4. The van der Waals surface area contributed by atoms with Crippen LogP contribution in [0.2, 0.25) is 0 Å². The van der Waals surface area contributed by atoms with Gasteiger partial charge in [0, 0.05) is 21.9 Å². The number of nitrogens with zero attached hydrogens (tertiary/aromatic N) is 3. The predicted molar refractivity (Wildman–Crippen MR) is 184 cm³/mol. The van der Waals surface area contributed by atoms with Gasteiger partial charge in [-0.25, -0.2) is 15.0 Å². The topological polar surface area (TPSA) is 51.8 Å². The van der Waals surface area contributed by atoms with Gasteiger partial charge in [0.1, 0.15) is 11.2 Å². The van der Waals surface area contributed by atoms with Crippen LogP contribution >= 0.6 is 0 Å². The highest BCUT2D eigenvalue weighted by Crippen LogP contribution is 2.38. The summed E-state index contributed by atoms with van der Waals surface area (Å²) in [5.41, 5.74) is 6.64. The van der Waals surface area contributed by atoms with Gasteiger partial charge >= 0.3 is 0 Å². The van der Waals surface area contributed by atoms with Gasteiger partial charge in [0.25, 0.3) is 0 Å². The van der Waals surface area contributed by atoms with Gasteiger partial charge in [0.2, 0.25) is 0 Å². The van der Waals surface area contributed by atoms with Gasteiger partial charge in [-0.2, -0.15) is 0 Å². The van der Waals surface area contributed by atoms with E-state index in [2.05, 4.69) is 103 Å². The number of hydrogen-bond donors (Lipinski definition) is 0. The fourth-order valence-electron chi connectivity index (χ4n) is 6.28. The van der Waals surface area contributed by atoms with E-state index in [1.54, 1.807) is 0 Å². The summed E-state index contributed by atoms with van der Waals surface area (Å²) in [5, 5.41) is 6.89. The number of hydrogen-bond acceptors (Lipinski definition) is 4. The minimum atomic E-state index is 0.575. The van der Waals surface area contributed by atoms with Crippen LogP contribution in [-0.2, 0) is 0 Å². The van der Waals surface area contributed by atoms with Gasteiger partial charge in [-0.3, -0.25) is 0 Å². The lowest BCUT2D eigenvalue weighted by Gasteiger charge is -2.10. The summed E-state index contributed by atoms with van der Waals surface area (Å²) in [4.78, 5) is 15.0. The van der Waals surface area contributed by atoms with Crippen LogP contribution in [-0.4, -0.2) is 15.0 Å². The zero-order valence-electron chi connectivity index (χ0n) is 24.2. The molecule has 0 fully saturated rings. The molecule has 9 aromatic rings. The Morgan fingerprint density at radius 2 is 0.911 bits per heavy atom. The summed E-state index contributed by atoms with van der Waals surface area (Å²) in [6, 6.07) is 52.3. The van der Waals surface area contributed by atoms with Crippen molar-refractivity contribution in [2.24, 2.45) is 0 Å². The fraction of sp³-hybridized carbons (Fsp3) is 0. The average Bonchev–Trinajstić information content (AvgIpc) is 3.48. The van der Waals surface area contributed by atoms with Gasteiger partial charge < -0.3 is 4.42 Å². The molecule has 2 heterocycles. The first kappa shape index (κ1) is 25.4. The maximum absolute atomic E-state index is 6.54. The summed E-state index contributed by atoms with van der Waals surface area (Å²) < 4.78 is 6.54. The van der Waals surface area contributed by atoms with Crippen molar-refractivity contribution in [3.63, 3.8) is 0 Å². The quantitative estimate of drug-likeness (QED) is 0.209. The zero-order chi connectivity index (χ0) is 29.7. The second-order valence-corrected chi connectivity index (χ2v) is 11.3. The molecule has 0 radical (unpaired) electrons. The molecule has 0 saturated carbocycles. The van der Waals surface area contributed by atoms with E-state index >= 15 is 0 Å². The molecule has 210 valence electrons. The van der Waals surface area contributed by atoms with Crippen molar-refractivity contribution in [1.82, 2.24) is 15.0 Å². The van der Waals surface area contributed by atoms with Crippen molar-refractivity contribution in [3.8, 4) is 45.3 Å². The van der Waals surface area contributed by atoms with E-state index in [1.165, 1.54) is 21.7 Å². The molecule has 9 rings (SSSR count). The molecule has 0 amide bonds. The molecule has 0 N–H and O–H groups in total. The van der Waals surface area contributed by atoms with Crippen LogP contribution in [0.15, 0.2) is 156 Å². The Balaban J connectivity index is 1.21. The molecule has 0 unspecified atom stereocenters. The maximum atomic E-state index is 6.54. The summed E-state index contributed by atoms with van der Waals surface area (Å²) >= 11 is 0. The third-order valence-electron chi connectivity index (χ3n) is 8.52. The second kappa shape index (κ2) is 10.2. The molecule has 4 nitrogen and oxygen atoms in total. The minimum absolute atomic E-state index is 0.575. The summed E-state index contributed by atoms with van der Waals surface area (Å²) in [6.07, 6.45) is 0. The van der Waals surface area contributed by atoms with Gasteiger partial charge in [-0.15, -0.1) is 0 Å². The molecule has 0 aliphatic carbocycles. The van der Waals surface area contributed by atoms with E-state index in [4.69, 9.17) is 19.4 Å². The second-order valence-electron chi connectivity index (χ2n) is 11.3. The Bertz CT molecular complexity index is 2530. The van der Waals surface area contributed by atoms with E-state index in [0.717, 1.165) is 49.6 Å². The van der Waals surface area contributed by atoms with Crippen molar-refractivity contribution in [2.45, 2.75) is 0 Å². The van der Waals surface area contributed by atoms with E-state index in [0.29, 0.717) is 17.5 Å². The highest BCUT2D eigenvalue weighted by Gasteiger charge is 2.18. The van der Waals surface area contributed by atoms with Crippen LogP contribution in [0.5, 0.6) is 0 Å². The normalized spacial score (nSPS) is 11.6. The summed E-state index contributed by atoms with van der Waals surface area (Å²) in [7, 11) is 0. The molecule has 0 aliphatic heterocycles. The van der Waals surface area contributed by atoms with Crippen LogP contribution < -0.4 is 0 Å². The first-order valence-corrected chi connectivity index (χ1v) is 15.0. The zero-order valence-corrected chi connectivity index (χ0v) is 24.2. The molecule has 0 bridgehead atoms. The Hall–Kier alpha value is -6.13. The lowest BCUT2D eigenvalue weighted by molar-refractivity contribution is 0.670. The lowest BCUT2D eigenvalue weighted by atomic mass is 9.97. The predicted octanol–water partition coefficient (Wildman–Crippen LogP) is 10.7. The van der Waals surface area contributed by atoms with Crippen molar-refractivity contribution in [1.29, 1.82) is 0 Å². The van der Waals surface area contributed by atoms with Crippen LogP contribution in [0.25, 0.3) is 88.8 Å². The molecule has 7 aromatic carbocycles. The van der Waals surface area contributed by atoms with Crippen LogP contribution in [0.3, 0.4) is 0 Å². The smallest absolute Gasteiger partial charge is 0.167 e. The number of fused-ring (bicyclic) bond motifs is 5. The van der Waals surface area contributed by atoms with Crippen molar-refractivity contribution < 1.29 is 4.42 Å². The lowest BCUT2D eigenvalue weighted by Crippen LogP contribution is -2.00. The average molecular weight is 576 g/mol. The van der Waals surface area contributed by atoms with Crippen LogP contribution in [0.1, 0.15) is 0 Å². The van der Waals surface area contributed by atoms with Gasteiger partial charge in [-0.05, 0) is 50.9 Å². The van der Waals surface area contributed by atoms with Crippen LogP contribution in [0.4, 0.5) is 0 Å². The third-order valence-corrected chi connectivity index (χ3v) is 8.52. The fourth-order valence-corrected chi connectivity index (χ4v) is 6.28. The van der Waals surface area contributed by atoms with E-state index in [1.807, 2.05) is 48.5 Å². The third kappa shape index (κ3) is 4.35. The van der Waals surface area contributed by atoms with Gasteiger partial charge in [0.05, 0.1) is 5.56 Å². The molecule has 0 atom stereocenters. The largest absolute Gasteiger partial charge is 0.455 e. The molecular weight excluding hydrogens is 550 g/mol. The van der Waals surface area contributed by atoms with Crippen molar-refractivity contribution in [2.75, 3.05) is 0 Å². The van der Waals surface area contributed by atoms with Gasteiger partial charge in [-0.1, -0.05) is 133 Å². The first-order chi connectivity index (χ1) is 22.3. The molecule has 45 heavy (non-hydrogen) atoms. The number of benzene rings is 7. The van der Waals surface area contributed by atoms with E-state index in [9.17, 15) is 0 Å². The Labute approximate surface area is 259 Å². The summed E-state index contributed by atoms with van der Waals surface area (Å²) in [6.45, 7) is 0. The number of aromatic nitrogens is 3. The highest BCUT2D eigenvalue weighted by molar-refractivity contribution is 6.13. The SMILES string of the molecule is c1ccc(-c2nc(-c3ccc(-c4cccc5ccccc45)cc3)nc(-c3cccc4c3oc3cc5ccccc5cc34)n2)cc1. The van der Waals surface area contributed by atoms with E-state index < -0.39 is 0 Å². The number of furan rings is 1. The molecular formula is C41H25N3O. The Morgan fingerprint density at radius 1 is 0.356 bits per heavy atom. The molecule has 4 heteroatoms. The number of para-hydroxylation sites is 1. The molecule has 0 spiro atoms. The highest BCUT2D eigenvalue weighted by atomic mass is 16.3. The summed E-state index contributed by atoms with van der Waals surface area (Å²) in [5.74, 6) is 1.81. The minimum Gasteiger partial charge on any atom is -0.455 e. The van der Waals surface area contributed by atoms with Crippen LogP contribution in [0, 0.1) is 0 Å². The van der Waals surface area contributed by atoms with Crippen molar-refractivity contribution in [3.05, 3.63) is 152 Å². The standard InChI is InChI=1S/C41H25N3O/c1-2-11-28(12-3-1)39-42-40(29-22-20-27(21-23-29)33-17-8-15-26-10-6-7-16-32(26)33)44-41(43-39)35-19-9-18-34-36-24-30-13-4-5-14-31(30)25-37(36)45-38(34)35/h1-25H. The first-order valence-electron chi connectivity index (χ1n) is 15.0. The monoisotopic (exact) mass is 575 g/mol. The van der Waals surface area contributed by atoms with Gasteiger partial charge in [0.15, 0.2) is 17.5 Å². The molecule has 2 aromatic heterocycles. The molecule has 0 saturated heterocycles. The Morgan fingerprint density at radius 3 is 1.71 bits per heavy atom.